The van der Waals surface area contributed by atoms with E-state index in [4.69, 9.17) is 0 Å². The van der Waals surface area contributed by atoms with Gasteiger partial charge in [0.1, 0.15) is 0 Å². The van der Waals surface area contributed by atoms with Crippen molar-refractivity contribution in [2.75, 3.05) is 0 Å². The van der Waals surface area contributed by atoms with Gasteiger partial charge in [-0.1, -0.05) is 110 Å². The van der Waals surface area contributed by atoms with E-state index in [0.29, 0.717) is 19.3 Å². The Morgan fingerprint density at radius 1 is 0.571 bits per heavy atom. The van der Waals surface area contributed by atoms with Crippen molar-refractivity contribution in [3.05, 3.63) is 0 Å². The van der Waals surface area contributed by atoms with E-state index < -0.39 is 21.5 Å². The SMILES string of the molecule is CCCCCCCCCCCCCCCCC(O)CCC(CCC)S(=O)(=O)O. The number of hydrogen-bond donors (Lipinski definition) is 2. The van der Waals surface area contributed by atoms with Crippen LogP contribution in [-0.2, 0) is 10.1 Å². The van der Waals surface area contributed by atoms with E-state index in [-0.39, 0.29) is 0 Å². The summed E-state index contributed by atoms with van der Waals surface area (Å²) in [5, 5.41) is 9.33. The highest BCUT2D eigenvalue weighted by molar-refractivity contribution is 7.86. The fraction of sp³-hybridized carbons (Fsp3) is 1.00. The van der Waals surface area contributed by atoms with Gasteiger partial charge in [0.25, 0.3) is 10.1 Å². The topological polar surface area (TPSA) is 74.6 Å². The molecule has 0 aliphatic rings. The van der Waals surface area contributed by atoms with Gasteiger partial charge in [-0.05, 0) is 25.7 Å². The van der Waals surface area contributed by atoms with Gasteiger partial charge in [-0.25, -0.2) is 0 Å². The van der Waals surface area contributed by atoms with E-state index in [2.05, 4.69) is 6.92 Å². The molecule has 0 saturated carbocycles. The molecule has 0 bridgehead atoms. The van der Waals surface area contributed by atoms with Crippen molar-refractivity contribution in [1.82, 2.24) is 0 Å². The highest BCUT2D eigenvalue weighted by atomic mass is 32.2. The minimum Gasteiger partial charge on any atom is -0.393 e. The van der Waals surface area contributed by atoms with Crippen LogP contribution in [0.1, 0.15) is 136 Å². The number of unbranched alkanes of at least 4 members (excludes halogenated alkanes) is 13. The molecule has 2 atom stereocenters. The van der Waals surface area contributed by atoms with Gasteiger partial charge in [0.05, 0.1) is 11.4 Å². The van der Waals surface area contributed by atoms with Crippen molar-refractivity contribution in [3.63, 3.8) is 0 Å². The van der Waals surface area contributed by atoms with Crippen LogP contribution < -0.4 is 0 Å². The molecule has 2 unspecified atom stereocenters. The van der Waals surface area contributed by atoms with Crippen molar-refractivity contribution in [3.8, 4) is 0 Å². The zero-order valence-electron chi connectivity index (χ0n) is 18.7. The molecule has 2 N–H and O–H groups in total. The molecule has 28 heavy (non-hydrogen) atoms. The second-order valence-corrected chi connectivity index (χ2v) is 10.2. The van der Waals surface area contributed by atoms with Gasteiger partial charge < -0.3 is 5.11 Å². The summed E-state index contributed by atoms with van der Waals surface area (Å²) in [6.45, 7) is 4.17. The highest BCUT2D eigenvalue weighted by Gasteiger charge is 2.22. The predicted octanol–water partition coefficient (Wildman–Crippen LogP) is 7.06. The van der Waals surface area contributed by atoms with Crippen LogP contribution >= 0.6 is 0 Å². The molecule has 0 spiro atoms. The van der Waals surface area contributed by atoms with Gasteiger partial charge >= 0.3 is 0 Å². The summed E-state index contributed by atoms with van der Waals surface area (Å²) in [6.07, 6.45) is 20.7. The van der Waals surface area contributed by atoms with Crippen LogP contribution in [0.4, 0.5) is 0 Å². The first-order valence-electron chi connectivity index (χ1n) is 12.1. The smallest absolute Gasteiger partial charge is 0.267 e. The molecular formula is C23H48O4S. The van der Waals surface area contributed by atoms with Crippen LogP contribution in [0.15, 0.2) is 0 Å². The molecule has 170 valence electrons. The van der Waals surface area contributed by atoms with Crippen LogP contribution in [0.2, 0.25) is 0 Å². The second kappa shape index (κ2) is 18.9. The largest absolute Gasteiger partial charge is 0.393 e. The molecule has 0 aromatic heterocycles. The Kier molecular flexibility index (Phi) is 18.8. The average Bonchev–Trinajstić information content (AvgIpc) is 2.64. The molecule has 0 radical (unpaired) electrons. The van der Waals surface area contributed by atoms with Crippen LogP contribution in [0, 0.1) is 0 Å². The first kappa shape index (κ1) is 27.9. The van der Waals surface area contributed by atoms with Crippen LogP contribution in [0.3, 0.4) is 0 Å². The molecule has 0 aromatic carbocycles. The summed E-state index contributed by atoms with van der Waals surface area (Å²) >= 11 is 0. The third-order valence-electron chi connectivity index (χ3n) is 5.74. The Balaban J connectivity index is 3.44. The van der Waals surface area contributed by atoms with Gasteiger partial charge in [-0.2, -0.15) is 8.42 Å². The van der Waals surface area contributed by atoms with E-state index in [9.17, 15) is 18.1 Å². The molecule has 5 heteroatoms. The maximum Gasteiger partial charge on any atom is 0.267 e. The molecule has 0 aliphatic heterocycles. The summed E-state index contributed by atoms with van der Waals surface area (Å²) in [7, 11) is -3.98. The lowest BCUT2D eigenvalue weighted by Gasteiger charge is -2.15. The van der Waals surface area contributed by atoms with Crippen LogP contribution in [-0.4, -0.2) is 29.4 Å². The standard InChI is InChI=1S/C23H48O4S/c1-3-5-6-7-8-9-10-11-12-13-14-15-16-17-19-22(24)20-21-23(18-4-2)28(25,26)27/h22-24H,3-21H2,1-2H3,(H,25,26,27). The summed E-state index contributed by atoms with van der Waals surface area (Å²) in [5.41, 5.74) is 0. The van der Waals surface area contributed by atoms with Crippen LogP contribution in [0.5, 0.6) is 0 Å². The Bertz CT molecular complexity index is 422. The molecule has 0 rings (SSSR count). The average molecular weight is 421 g/mol. The van der Waals surface area contributed by atoms with Crippen molar-refractivity contribution in [1.29, 1.82) is 0 Å². The van der Waals surface area contributed by atoms with Crippen LogP contribution in [0.25, 0.3) is 0 Å². The number of aliphatic hydroxyl groups excluding tert-OH is 1. The predicted molar refractivity (Wildman–Crippen MR) is 120 cm³/mol. The van der Waals surface area contributed by atoms with Crippen molar-refractivity contribution < 1.29 is 18.1 Å². The molecular weight excluding hydrogens is 372 g/mol. The second-order valence-electron chi connectivity index (χ2n) is 8.54. The molecule has 0 aromatic rings. The van der Waals surface area contributed by atoms with Crippen molar-refractivity contribution in [2.45, 2.75) is 147 Å². The summed E-state index contributed by atoms with van der Waals surface area (Å²) < 4.78 is 31.8. The molecule has 0 fully saturated rings. The normalized spacial score (nSPS) is 14.3. The van der Waals surface area contributed by atoms with Gasteiger partial charge in [-0.15, -0.1) is 0 Å². The Morgan fingerprint density at radius 2 is 1.00 bits per heavy atom. The van der Waals surface area contributed by atoms with E-state index >= 15 is 0 Å². The fourth-order valence-electron chi connectivity index (χ4n) is 3.86. The fourth-order valence-corrected chi connectivity index (χ4v) is 4.83. The van der Waals surface area contributed by atoms with E-state index in [1.807, 2.05) is 6.92 Å². The summed E-state index contributed by atoms with van der Waals surface area (Å²) in [5.74, 6) is 0. The van der Waals surface area contributed by atoms with E-state index in [1.165, 1.54) is 77.0 Å². The molecule has 0 heterocycles. The third-order valence-corrected chi connectivity index (χ3v) is 7.06. The van der Waals surface area contributed by atoms with Gasteiger partial charge in [0, 0.05) is 0 Å². The van der Waals surface area contributed by atoms with Gasteiger partial charge in [0.15, 0.2) is 0 Å². The Morgan fingerprint density at radius 3 is 1.39 bits per heavy atom. The van der Waals surface area contributed by atoms with Crippen molar-refractivity contribution in [2.24, 2.45) is 0 Å². The minimum absolute atomic E-state index is 0.354. The lowest BCUT2D eigenvalue weighted by molar-refractivity contribution is 0.147. The number of aliphatic hydroxyl groups is 1. The Labute approximate surface area is 175 Å². The van der Waals surface area contributed by atoms with E-state index in [0.717, 1.165) is 25.7 Å². The zero-order chi connectivity index (χ0) is 21.1. The lowest BCUT2D eigenvalue weighted by atomic mass is 10.0. The van der Waals surface area contributed by atoms with Gasteiger partial charge in [-0.3, -0.25) is 4.55 Å². The quantitative estimate of drug-likeness (QED) is 0.154. The molecule has 0 saturated heterocycles. The third kappa shape index (κ3) is 17.9. The van der Waals surface area contributed by atoms with E-state index in [1.54, 1.807) is 0 Å². The number of rotatable bonds is 21. The van der Waals surface area contributed by atoms with Crippen molar-refractivity contribution >= 4 is 10.1 Å². The maximum absolute atomic E-state index is 11.3. The Hall–Kier alpha value is -0.130. The molecule has 4 nitrogen and oxygen atoms in total. The first-order chi connectivity index (χ1) is 13.4. The molecule has 0 aliphatic carbocycles. The lowest BCUT2D eigenvalue weighted by Crippen LogP contribution is -2.22. The summed E-state index contributed by atoms with van der Waals surface area (Å²) in [6, 6.07) is 0. The monoisotopic (exact) mass is 420 g/mol. The van der Waals surface area contributed by atoms with Gasteiger partial charge in [0.2, 0.25) is 0 Å². The maximum atomic E-state index is 11.3. The zero-order valence-corrected chi connectivity index (χ0v) is 19.5. The highest BCUT2D eigenvalue weighted by Crippen LogP contribution is 2.18. The first-order valence-corrected chi connectivity index (χ1v) is 13.6. The summed E-state index contributed by atoms with van der Waals surface area (Å²) in [4.78, 5) is 0. The minimum atomic E-state index is -3.98. The number of hydrogen-bond acceptors (Lipinski definition) is 3. The molecule has 0 amide bonds.